The van der Waals surface area contributed by atoms with E-state index in [0.29, 0.717) is 30.9 Å². The van der Waals surface area contributed by atoms with E-state index in [9.17, 15) is 18.0 Å². The van der Waals surface area contributed by atoms with Crippen molar-refractivity contribution in [3.63, 3.8) is 0 Å². The molecular formula is C19H25N3O5S. The Hall–Kier alpha value is -1.71. The van der Waals surface area contributed by atoms with Crippen LogP contribution in [0, 0.1) is 18.8 Å². The number of nitrogens with zero attached hydrogens (tertiary/aromatic N) is 1. The number of rotatable bonds is 5. The van der Waals surface area contributed by atoms with Crippen LogP contribution in [0.2, 0.25) is 0 Å². The van der Waals surface area contributed by atoms with Crippen molar-refractivity contribution >= 4 is 15.9 Å². The number of aromatic nitrogens is 1. The number of sulfonamides is 1. The minimum absolute atomic E-state index is 0.0611. The molecule has 152 valence electrons. The molecule has 2 bridgehead atoms. The van der Waals surface area contributed by atoms with Crippen LogP contribution in [-0.2, 0) is 14.8 Å². The molecule has 2 N–H and O–H groups in total. The molecular weight excluding hydrogens is 382 g/mol. The summed E-state index contributed by atoms with van der Waals surface area (Å²) in [4.78, 5) is 29.1. The van der Waals surface area contributed by atoms with E-state index in [-0.39, 0.29) is 40.3 Å². The number of aryl methyl sites for hydroxylation is 1. The van der Waals surface area contributed by atoms with E-state index in [2.05, 4.69) is 9.71 Å². The average Bonchev–Trinajstić information content (AvgIpc) is 3.24. The van der Waals surface area contributed by atoms with Gasteiger partial charge in [0, 0.05) is 42.2 Å². The Balaban J connectivity index is 1.33. The van der Waals surface area contributed by atoms with E-state index in [1.807, 2.05) is 0 Å². The van der Waals surface area contributed by atoms with Crippen LogP contribution in [0.25, 0.3) is 0 Å². The summed E-state index contributed by atoms with van der Waals surface area (Å²) in [5, 5.41) is -0.234. The lowest BCUT2D eigenvalue weighted by molar-refractivity contribution is 0.00325. The van der Waals surface area contributed by atoms with Gasteiger partial charge in [0.25, 0.3) is 5.91 Å². The lowest BCUT2D eigenvalue weighted by Gasteiger charge is -2.29. The van der Waals surface area contributed by atoms with Crippen LogP contribution in [0.3, 0.4) is 0 Å². The molecule has 4 aliphatic rings. The predicted molar refractivity (Wildman–Crippen MR) is 101 cm³/mol. The van der Waals surface area contributed by atoms with Gasteiger partial charge in [-0.3, -0.25) is 9.59 Å². The topological polar surface area (TPSA) is 109 Å². The molecule has 1 aromatic heterocycles. The van der Waals surface area contributed by atoms with Crippen LogP contribution in [-0.4, -0.2) is 60.8 Å². The molecule has 5 rings (SSSR count). The standard InChI is InChI=1S/C19H25N3O5S/c1-11-6-12(7-17(23)21-11)18(24)22-9-15-14(8-20-28(25,26)13-2-3-13)16-4-5-19(15,10-22)27-16/h6-7,13-16,20H,2-5,8-10H2,1H3,(H,21,23)/t14-,15+,16+,19+/m0/s1. The monoisotopic (exact) mass is 407 g/mol. The number of likely N-dealkylation sites (tertiary alicyclic amines) is 1. The first kappa shape index (κ1) is 18.3. The zero-order chi connectivity index (χ0) is 19.7. The van der Waals surface area contributed by atoms with Gasteiger partial charge in [-0.15, -0.1) is 0 Å². The molecule has 0 unspecified atom stereocenters. The summed E-state index contributed by atoms with van der Waals surface area (Å²) in [5.74, 6) is 0.0449. The molecule has 9 heteroatoms. The maximum absolute atomic E-state index is 13.0. The summed E-state index contributed by atoms with van der Waals surface area (Å²) < 4.78 is 33.5. The second-order valence-corrected chi connectivity index (χ2v) is 10.8. The lowest BCUT2D eigenvalue weighted by Crippen LogP contribution is -2.42. The van der Waals surface area contributed by atoms with Crippen molar-refractivity contribution in [2.24, 2.45) is 11.8 Å². The Bertz CT molecular complexity index is 986. The minimum Gasteiger partial charge on any atom is -0.369 e. The molecule has 1 aromatic rings. The largest absolute Gasteiger partial charge is 0.369 e. The number of ether oxygens (including phenoxy) is 1. The van der Waals surface area contributed by atoms with Crippen LogP contribution in [0.1, 0.15) is 41.7 Å². The van der Waals surface area contributed by atoms with Crippen LogP contribution in [0.5, 0.6) is 0 Å². The van der Waals surface area contributed by atoms with Crippen molar-refractivity contribution in [1.29, 1.82) is 0 Å². The van der Waals surface area contributed by atoms with Gasteiger partial charge in [0.1, 0.15) is 0 Å². The number of hydrogen-bond acceptors (Lipinski definition) is 5. The SMILES string of the molecule is Cc1cc(C(=O)N2C[C@@H]3[C@H](CNS(=O)(=O)C4CC4)[C@H]4CC[C@]3(C2)O4)cc(=O)[nH]1. The Morgan fingerprint density at radius 2 is 2.14 bits per heavy atom. The number of aromatic amines is 1. The zero-order valence-corrected chi connectivity index (χ0v) is 16.6. The maximum atomic E-state index is 13.0. The van der Waals surface area contributed by atoms with Crippen molar-refractivity contribution in [3.05, 3.63) is 33.7 Å². The fraction of sp³-hybridized carbons (Fsp3) is 0.684. The fourth-order valence-electron chi connectivity index (χ4n) is 5.32. The summed E-state index contributed by atoms with van der Waals surface area (Å²) in [7, 11) is -3.23. The molecule has 1 saturated carbocycles. The normalized spacial score (nSPS) is 34.0. The third-order valence-electron chi connectivity index (χ3n) is 6.78. The third-order valence-corrected chi connectivity index (χ3v) is 8.70. The van der Waals surface area contributed by atoms with Gasteiger partial charge in [-0.1, -0.05) is 0 Å². The number of carbonyl (C=O) groups is 1. The lowest BCUT2D eigenvalue weighted by atomic mass is 9.74. The molecule has 1 amide bonds. The predicted octanol–water partition coefficient (Wildman–Crippen LogP) is 0.385. The molecule has 1 spiro atoms. The summed E-state index contributed by atoms with van der Waals surface area (Å²) >= 11 is 0. The molecule has 8 nitrogen and oxygen atoms in total. The number of nitrogens with one attached hydrogen (secondary N) is 2. The summed E-state index contributed by atoms with van der Waals surface area (Å²) in [6, 6.07) is 3.02. The van der Waals surface area contributed by atoms with E-state index < -0.39 is 10.0 Å². The smallest absolute Gasteiger partial charge is 0.254 e. The Kier molecular flexibility index (Phi) is 4.02. The highest BCUT2D eigenvalue weighted by atomic mass is 32.2. The van der Waals surface area contributed by atoms with E-state index in [0.717, 1.165) is 25.7 Å². The average molecular weight is 407 g/mol. The molecule has 3 saturated heterocycles. The summed E-state index contributed by atoms with van der Waals surface area (Å²) in [6.07, 6.45) is 3.34. The molecule has 28 heavy (non-hydrogen) atoms. The number of fused-ring (bicyclic) bond motifs is 1. The van der Waals surface area contributed by atoms with Crippen LogP contribution >= 0.6 is 0 Å². The highest BCUT2D eigenvalue weighted by molar-refractivity contribution is 7.90. The molecule has 0 aromatic carbocycles. The van der Waals surface area contributed by atoms with Crippen LogP contribution < -0.4 is 10.3 Å². The fourth-order valence-corrected chi connectivity index (χ4v) is 6.73. The van der Waals surface area contributed by atoms with E-state index in [1.165, 1.54) is 6.07 Å². The van der Waals surface area contributed by atoms with E-state index in [1.54, 1.807) is 17.9 Å². The number of carbonyl (C=O) groups excluding carboxylic acids is 1. The molecule has 1 aliphatic carbocycles. The van der Waals surface area contributed by atoms with Crippen LogP contribution in [0.15, 0.2) is 16.9 Å². The first-order valence-corrected chi connectivity index (χ1v) is 11.5. The third kappa shape index (κ3) is 2.91. The van der Waals surface area contributed by atoms with Gasteiger partial charge in [0.15, 0.2) is 0 Å². The van der Waals surface area contributed by atoms with Crippen LogP contribution in [0.4, 0.5) is 0 Å². The van der Waals surface area contributed by atoms with Crippen molar-refractivity contribution < 1.29 is 17.9 Å². The van der Waals surface area contributed by atoms with Crippen molar-refractivity contribution in [2.45, 2.75) is 49.6 Å². The maximum Gasteiger partial charge on any atom is 0.254 e. The molecule has 4 fully saturated rings. The molecule has 4 heterocycles. The quantitative estimate of drug-likeness (QED) is 0.734. The van der Waals surface area contributed by atoms with Gasteiger partial charge in [-0.05, 0) is 38.7 Å². The highest BCUT2D eigenvalue weighted by Gasteiger charge is 2.63. The Morgan fingerprint density at radius 1 is 1.36 bits per heavy atom. The molecule has 3 aliphatic heterocycles. The van der Waals surface area contributed by atoms with Gasteiger partial charge < -0.3 is 14.6 Å². The number of amides is 1. The van der Waals surface area contributed by atoms with Gasteiger partial charge in [0.05, 0.1) is 23.5 Å². The Morgan fingerprint density at radius 3 is 2.86 bits per heavy atom. The Labute approximate surface area is 163 Å². The van der Waals surface area contributed by atoms with E-state index >= 15 is 0 Å². The van der Waals surface area contributed by atoms with Gasteiger partial charge in [-0.2, -0.15) is 0 Å². The first-order chi connectivity index (χ1) is 13.3. The second kappa shape index (κ2) is 6.14. The second-order valence-electron chi connectivity index (χ2n) is 8.72. The van der Waals surface area contributed by atoms with E-state index in [4.69, 9.17) is 4.74 Å². The molecule has 0 radical (unpaired) electrons. The highest BCUT2D eigenvalue weighted by Crippen LogP contribution is 2.54. The number of pyridine rings is 1. The molecule has 4 atom stereocenters. The van der Waals surface area contributed by atoms with Crippen molar-refractivity contribution in [2.75, 3.05) is 19.6 Å². The van der Waals surface area contributed by atoms with Crippen molar-refractivity contribution in [1.82, 2.24) is 14.6 Å². The number of hydrogen-bond donors (Lipinski definition) is 2. The van der Waals surface area contributed by atoms with Gasteiger partial charge in [0.2, 0.25) is 15.6 Å². The van der Waals surface area contributed by atoms with Gasteiger partial charge >= 0.3 is 0 Å². The number of H-pyrrole nitrogens is 1. The van der Waals surface area contributed by atoms with Gasteiger partial charge in [-0.25, -0.2) is 13.1 Å². The minimum atomic E-state index is -3.23. The summed E-state index contributed by atoms with van der Waals surface area (Å²) in [5.41, 5.74) is 0.383. The summed E-state index contributed by atoms with van der Waals surface area (Å²) in [6.45, 7) is 3.17. The zero-order valence-electron chi connectivity index (χ0n) is 15.8. The van der Waals surface area contributed by atoms with Crippen molar-refractivity contribution in [3.8, 4) is 0 Å². The first-order valence-electron chi connectivity index (χ1n) is 9.94.